The van der Waals surface area contributed by atoms with Crippen molar-refractivity contribution >= 4 is 58.5 Å². The predicted molar refractivity (Wildman–Crippen MR) is 189 cm³/mol. The number of thioether (sulfide) groups is 1. The molecule has 1 spiro atoms. The fourth-order valence-electron chi connectivity index (χ4n) is 7.66. The van der Waals surface area contributed by atoms with Crippen LogP contribution in [-0.4, -0.2) is 76.7 Å². The number of aromatic nitrogens is 4. The van der Waals surface area contributed by atoms with Crippen LogP contribution < -0.4 is 0 Å². The minimum absolute atomic E-state index is 0.0470. The molecule has 5 atom stereocenters. The number of H-pyrrole nitrogens is 2. The number of amides is 2. The highest BCUT2D eigenvalue weighted by Crippen LogP contribution is 2.70. The number of rotatable bonds is 5. The molecule has 4 fully saturated rings. The summed E-state index contributed by atoms with van der Waals surface area (Å²) in [6.07, 6.45) is 9.75. The number of aromatic amines is 2. The Morgan fingerprint density at radius 1 is 1.02 bits per heavy atom. The number of nitrogens with zero attached hydrogens (tertiary/aromatic N) is 4. The number of likely N-dealkylation sites (tertiary alicyclic amines) is 1. The Kier molecular flexibility index (Phi) is 7.22. The van der Waals surface area contributed by atoms with Crippen molar-refractivity contribution in [1.82, 2.24) is 24.8 Å². The minimum atomic E-state index is -0.518. The molecule has 8 rings (SSSR count). The van der Waals surface area contributed by atoms with Gasteiger partial charge in [0.15, 0.2) is 11.9 Å². The van der Waals surface area contributed by atoms with Crippen LogP contribution in [0.1, 0.15) is 101 Å². The Labute approximate surface area is 288 Å². The van der Waals surface area contributed by atoms with Gasteiger partial charge in [0.2, 0.25) is 6.04 Å². The molecule has 12 heteroatoms. The first-order chi connectivity index (χ1) is 22.8. The first-order valence-corrected chi connectivity index (χ1v) is 18.6. The largest absolute Gasteiger partial charge is 0.517 e. The number of ether oxygens (including phenoxy) is 2. The van der Waals surface area contributed by atoms with Gasteiger partial charge in [0.1, 0.15) is 21.9 Å². The molecule has 4 aliphatic heterocycles. The summed E-state index contributed by atoms with van der Waals surface area (Å²) in [6, 6.07) is 10.8. The lowest BCUT2D eigenvalue weighted by Gasteiger charge is -2.28. The Morgan fingerprint density at radius 3 is 2.62 bits per heavy atom. The Morgan fingerprint density at radius 2 is 1.83 bits per heavy atom. The van der Waals surface area contributed by atoms with Crippen LogP contribution in [0.5, 0.6) is 0 Å². The van der Waals surface area contributed by atoms with Crippen LogP contribution in [0.4, 0.5) is 9.59 Å². The first-order valence-electron chi connectivity index (χ1n) is 16.9. The summed E-state index contributed by atoms with van der Waals surface area (Å²) in [5, 5.41) is 0.118. The molecular weight excluding hydrogens is 645 g/mol. The zero-order valence-electron chi connectivity index (χ0n) is 28.3. The molecule has 2 amide bonds. The number of benzene rings is 1. The summed E-state index contributed by atoms with van der Waals surface area (Å²) in [6.45, 7) is 13.0. The SMILES string of the molecule is CC(C)(C)OC(=O)N1CCC[C@@]12SC2c1nc2ccc(/C=C/c3ccc(-c4cnc([C@@H]5C6CCC[N+]65C(=O)OC(C)(C)C)[nH]4)s3)cc2[nH]1. The van der Waals surface area contributed by atoms with Crippen LogP contribution >= 0.6 is 23.1 Å². The van der Waals surface area contributed by atoms with E-state index in [4.69, 9.17) is 19.4 Å². The topological polar surface area (TPSA) is 113 Å². The number of carbonyl (C=O) groups excluding carboxylic acids is 2. The van der Waals surface area contributed by atoms with Gasteiger partial charge in [-0.3, -0.25) is 4.90 Å². The van der Waals surface area contributed by atoms with Gasteiger partial charge in [-0.05, 0) is 90.3 Å². The highest BCUT2D eigenvalue weighted by molar-refractivity contribution is 8.08. The summed E-state index contributed by atoms with van der Waals surface area (Å²) < 4.78 is 11.9. The van der Waals surface area contributed by atoms with Gasteiger partial charge in [0.25, 0.3) is 0 Å². The number of imidazole rings is 2. The summed E-state index contributed by atoms with van der Waals surface area (Å²) in [5.41, 5.74) is 2.94. The average molecular weight is 688 g/mol. The van der Waals surface area contributed by atoms with Gasteiger partial charge in [-0.2, -0.15) is 4.79 Å². The molecule has 4 aliphatic rings. The van der Waals surface area contributed by atoms with Crippen molar-refractivity contribution in [2.24, 2.45) is 0 Å². The van der Waals surface area contributed by atoms with Gasteiger partial charge >= 0.3 is 12.2 Å². The molecule has 0 aliphatic carbocycles. The van der Waals surface area contributed by atoms with Crippen molar-refractivity contribution in [1.29, 1.82) is 0 Å². The number of carbonyl (C=O) groups is 2. The Balaban J connectivity index is 0.939. The zero-order chi connectivity index (χ0) is 33.6. The van der Waals surface area contributed by atoms with E-state index >= 15 is 0 Å². The molecule has 0 radical (unpaired) electrons. The quantitative estimate of drug-likeness (QED) is 0.159. The van der Waals surface area contributed by atoms with Crippen molar-refractivity contribution in [2.75, 3.05) is 13.1 Å². The van der Waals surface area contributed by atoms with Crippen molar-refractivity contribution in [3.8, 4) is 10.6 Å². The van der Waals surface area contributed by atoms with E-state index in [0.717, 1.165) is 75.9 Å². The number of piperidine rings is 1. The molecule has 3 aromatic heterocycles. The fourth-order valence-corrected chi connectivity index (χ4v) is 10.0. The van der Waals surface area contributed by atoms with E-state index in [2.05, 4.69) is 52.5 Å². The summed E-state index contributed by atoms with van der Waals surface area (Å²) in [4.78, 5) is 46.8. The van der Waals surface area contributed by atoms with E-state index in [1.165, 1.54) is 0 Å². The fraction of sp³-hybridized carbons (Fsp3) is 0.500. The van der Waals surface area contributed by atoms with E-state index in [1.54, 1.807) is 23.1 Å². The molecule has 48 heavy (non-hydrogen) atoms. The number of hydrogen-bond donors (Lipinski definition) is 2. The third kappa shape index (κ3) is 5.45. The minimum Gasteiger partial charge on any atom is -0.444 e. The molecule has 1 aromatic carbocycles. The lowest BCUT2D eigenvalue weighted by atomic mass is 10.1. The molecule has 3 unspecified atom stereocenters. The van der Waals surface area contributed by atoms with Gasteiger partial charge in [-0.25, -0.2) is 19.2 Å². The zero-order valence-corrected chi connectivity index (χ0v) is 30.0. The maximum atomic E-state index is 13.2. The molecule has 4 aromatic rings. The van der Waals surface area contributed by atoms with Crippen molar-refractivity contribution < 1.29 is 23.5 Å². The average Bonchev–Trinajstić information content (AvgIpc) is 3.50. The maximum absolute atomic E-state index is 13.2. The van der Waals surface area contributed by atoms with Crippen LogP contribution in [0.3, 0.4) is 0 Å². The van der Waals surface area contributed by atoms with Crippen LogP contribution in [0.25, 0.3) is 33.8 Å². The molecule has 0 bridgehead atoms. The Bertz CT molecular complexity index is 1950. The number of hydrogen-bond acceptors (Lipinski definition) is 8. The van der Waals surface area contributed by atoms with Crippen molar-refractivity contribution in [2.45, 2.75) is 101 Å². The highest BCUT2D eigenvalue weighted by atomic mass is 32.2. The smallest absolute Gasteiger partial charge is 0.444 e. The normalized spacial score (nSPS) is 28.0. The summed E-state index contributed by atoms with van der Waals surface area (Å²) in [7, 11) is 0. The molecule has 252 valence electrons. The summed E-state index contributed by atoms with van der Waals surface area (Å²) >= 11 is 3.49. The number of thiophene rings is 1. The van der Waals surface area contributed by atoms with Crippen molar-refractivity contribution in [3.05, 3.63) is 58.6 Å². The van der Waals surface area contributed by atoms with Crippen LogP contribution in [0.2, 0.25) is 0 Å². The van der Waals surface area contributed by atoms with Crippen LogP contribution in [-0.2, 0) is 9.47 Å². The van der Waals surface area contributed by atoms with Gasteiger partial charge in [0.05, 0.1) is 39.6 Å². The third-order valence-electron chi connectivity index (χ3n) is 9.77. The second-order valence-corrected chi connectivity index (χ2v) is 18.0. The summed E-state index contributed by atoms with van der Waals surface area (Å²) in [5.74, 6) is 1.79. The Hall–Kier alpha value is -3.61. The first kappa shape index (κ1) is 31.6. The third-order valence-corrected chi connectivity index (χ3v) is 12.5. The number of quaternary nitrogens is 1. The van der Waals surface area contributed by atoms with Crippen LogP contribution in [0, 0.1) is 0 Å². The molecule has 7 heterocycles. The molecule has 10 nitrogen and oxygen atoms in total. The maximum Gasteiger partial charge on any atom is 0.517 e. The van der Waals surface area contributed by atoms with Gasteiger partial charge < -0.3 is 19.4 Å². The second-order valence-electron chi connectivity index (χ2n) is 15.5. The second kappa shape index (κ2) is 10.9. The molecule has 2 N–H and O–H groups in total. The van der Waals surface area contributed by atoms with E-state index < -0.39 is 11.2 Å². The van der Waals surface area contributed by atoms with E-state index in [-0.39, 0.29) is 34.4 Å². The van der Waals surface area contributed by atoms with E-state index in [9.17, 15) is 9.59 Å². The lowest BCUT2D eigenvalue weighted by molar-refractivity contribution is -0.745. The highest BCUT2D eigenvalue weighted by Gasteiger charge is 2.76. The monoisotopic (exact) mass is 687 g/mol. The number of fused-ring (bicyclic) bond motifs is 2. The predicted octanol–water partition coefficient (Wildman–Crippen LogP) is 8.67. The van der Waals surface area contributed by atoms with E-state index in [1.807, 2.05) is 52.6 Å². The molecular formula is C36H43N6O4S2+. The molecule has 0 saturated carbocycles. The van der Waals surface area contributed by atoms with Gasteiger partial charge in [0, 0.05) is 24.3 Å². The van der Waals surface area contributed by atoms with Crippen molar-refractivity contribution in [3.63, 3.8) is 0 Å². The molecule has 4 saturated heterocycles. The van der Waals surface area contributed by atoms with E-state index in [0.29, 0.717) is 11.0 Å². The van der Waals surface area contributed by atoms with Crippen LogP contribution in [0.15, 0.2) is 36.5 Å². The van der Waals surface area contributed by atoms with Gasteiger partial charge in [-0.1, -0.05) is 12.1 Å². The lowest BCUT2D eigenvalue weighted by Crippen LogP contribution is -2.41. The number of nitrogens with one attached hydrogen (secondary N) is 2. The van der Waals surface area contributed by atoms with Gasteiger partial charge in [-0.15, -0.1) is 23.1 Å². The standard InChI is InChI=1S/C36H43N6O4S2/c1-34(2,3)45-32(43)41-17-8-16-36(41)29(48-36)31-38-23-14-11-21(19-24(23)39-31)10-12-22-13-15-27(47-22)25-20-37-30(40-25)28-26-9-7-18-42(26,28)33(44)46-35(4,5)6/h10-15,19-20,26,28-29H,7-9,16-18H2,1-6H3,(H,37,40)(H,38,39)/q+1/b12-10+/t26?,28-,29?,36-,42?/m0/s1.